The van der Waals surface area contributed by atoms with Crippen molar-refractivity contribution in [3.05, 3.63) is 11.3 Å². The molecule has 0 bridgehead atoms. The summed E-state index contributed by atoms with van der Waals surface area (Å²) < 4.78 is 1.78. The number of nitrogens with zero attached hydrogens (tertiary/aromatic N) is 3. The lowest BCUT2D eigenvalue weighted by Crippen LogP contribution is -2.40. The SMILES string of the molecule is CCCN(c1c(C(N)=O)c(C)nn1C)C1CCNC1. The molecule has 6 nitrogen and oxygen atoms in total. The van der Waals surface area contributed by atoms with E-state index in [2.05, 4.69) is 22.2 Å². The van der Waals surface area contributed by atoms with Gasteiger partial charge in [0.15, 0.2) is 0 Å². The van der Waals surface area contributed by atoms with E-state index in [0.29, 0.717) is 17.3 Å². The summed E-state index contributed by atoms with van der Waals surface area (Å²) in [7, 11) is 1.87. The predicted molar refractivity (Wildman–Crippen MR) is 75.4 cm³/mol. The molecule has 0 aromatic carbocycles. The van der Waals surface area contributed by atoms with Gasteiger partial charge in [0.25, 0.3) is 5.91 Å². The van der Waals surface area contributed by atoms with Gasteiger partial charge in [-0.1, -0.05) is 6.92 Å². The molecule has 1 saturated heterocycles. The van der Waals surface area contributed by atoms with Crippen molar-refractivity contribution in [2.75, 3.05) is 24.5 Å². The van der Waals surface area contributed by atoms with Crippen molar-refractivity contribution >= 4 is 11.7 Å². The number of anilines is 1. The predicted octanol–water partition coefficient (Wildman–Crippen LogP) is 0.406. The fraction of sp³-hybridized carbons (Fsp3) is 0.692. The van der Waals surface area contributed by atoms with Crippen LogP contribution in [-0.2, 0) is 7.05 Å². The van der Waals surface area contributed by atoms with Crippen LogP contribution in [0.4, 0.5) is 5.82 Å². The third-order valence-electron chi connectivity index (χ3n) is 3.65. The third kappa shape index (κ3) is 2.58. The molecule has 6 heteroatoms. The zero-order valence-corrected chi connectivity index (χ0v) is 11.9. The molecule has 106 valence electrons. The first-order valence-electron chi connectivity index (χ1n) is 6.87. The highest BCUT2D eigenvalue weighted by molar-refractivity contribution is 5.99. The minimum atomic E-state index is -0.396. The van der Waals surface area contributed by atoms with Crippen LogP contribution in [0.3, 0.4) is 0 Å². The summed E-state index contributed by atoms with van der Waals surface area (Å²) >= 11 is 0. The van der Waals surface area contributed by atoms with Gasteiger partial charge in [0, 0.05) is 26.2 Å². The van der Waals surface area contributed by atoms with Crippen LogP contribution in [0.25, 0.3) is 0 Å². The van der Waals surface area contributed by atoms with Gasteiger partial charge in [-0.3, -0.25) is 9.48 Å². The van der Waals surface area contributed by atoms with E-state index in [1.165, 1.54) is 0 Å². The normalized spacial score (nSPS) is 18.8. The number of rotatable bonds is 5. The van der Waals surface area contributed by atoms with Crippen LogP contribution in [0.15, 0.2) is 0 Å². The van der Waals surface area contributed by atoms with Crippen LogP contribution in [0.5, 0.6) is 0 Å². The van der Waals surface area contributed by atoms with E-state index in [1.807, 2.05) is 14.0 Å². The molecule has 2 rings (SSSR count). The second-order valence-electron chi connectivity index (χ2n) is 5.11. The van der Waals surface area contributed by atoms with Gasteiger partial charge in [0.05, 0.1) is 5.69 Å². The fourth-order valence-electron chi connectivity index (χ4n) is 2.87. The molecule has 19 heavy (non-hydrogen) atoms. The molecule has 0 aliphatic carbocycles. The minimum Gasteiger partial charge on any atom is -0.365 e. The summed E-state index contributed by atoms with van der Waals surface area (Å²) in [6.07, 6.45) is 2.11. The number of nitrogens with one attached hydrogen (secondary N) is 1. The van der Waals surface area contributed by atoms with E-state index >= 15 is 0 Å². The van der Waals surface area contributed by atoms with Gasteiger partial charge in [-0.15, -0.1) is 0 Å². The van der Waals surface area contributed by atoms with Crippen LogP contribution in [0.2, 0.25) is 0 Å². The number of hydrogen-bond acceptors (Lipinski definition) is 4. The zero-order valence-electron chi connectivity index (χ0n) is 11.9. The van der Waals surface area contributed by atoms with Gasteiger partial charge in [-0.25, -0.2) is 0 Å². The van der Waals surface area contributed by atoms with Crippen molar-refractivity contribution in [3.8, 4) is 0 Å². The lowest BCUT2D eigenvalue weighted by Gasteiger charge is -2.30. The Balaban J connectivity index is 2.43. The molecule has 1 aliphatic rings. The summed E-state index contributed by atoms with van der Waals surface area (Å²) in [5.74, 6) is 0.466. The average Bonchev–Trinajstić information content (AvgIpc) is 2.94. The highest BCUT2D eigenvalue weighted by Crippen LogP contribution is 2.26. The molecule has 1 unspecified atom stereocenters. The Labute approximate surface area is 113 Å². The lowest BCUT2D eigenvalue weighted by atomic mass is 10.1. The average molecular weight is 265 g/mol. The standard InChI is InChI=1S/C13H23N5O/c1-4-7-18(10-5-6-15-8-10)13-11(12(14)19)9(2)16-17(13)3/h10,15H,4-8H2,1-3H3,(H2,14,19). The Hall–Kier alpha value is -1.56. The maximum absolute atomic E-state index is 11.7. The van der Waals surface area contributed by atoms with Crippen LogP contribution < -0.4 is 16.0 Å². The number of hydrogen-bond donors (Lipinski definition) is 2. The van der Waals surface area contributed by atoms with Crippen LogP contribution >= 0.6 is 0 Å². The van der Waals surface area contributed by atoms with E-state index in [1.54, 1.807) is 4.68 Å². The second-order valence-corrected chi connectivity index (χ2v) is 5.11. The Morgan fingerprint density at radius 1 is 1.63 bits per heavy atom. The quantitative estimate of drug-likeness (QED) is 0.808. The highest BCUT2D eigenvalue weighted by Gasteiger charge is 2.29. The van der Waals surface area contributed by atoms with Gasteiger partial charge in [0.2, 0.25) is 0 Å². The molecule has 1 aromatic rings. The van der Waals surface area contributed by atoms with Crippen molar-refractivity contribution in [1.82, 2.24) is 15.1 Å². The number of nitrogens with two attached hydrogens (primary N) is 1. The smallest absolute Gasteiger partial charge is 0.254 e. The second kappa shape index (κ2) is 5.61. The summed E-state index contributed by atoms with van der Waals surface area (Å²) in [4.78, 5) is 14.0. The summed E-state index contributed by atoms with van der Waals surface area (Å²) in [6.45, 7) is 6.85. The molecule has 3 N–H and O–H groups in total. The molecule has 0 radical (unpaired) electrons. The molecule has 1 fully saturated rings. The van der Waals surface area contributed by atoms with Crippen LogP contribution in [0, 0.1) is 6.92 Å². The fourth-order valence-corrected chi connectivity index (χ4v) is 2.87. The first-order valence-corrected chi connectivity index (χ1v) is 6.87. The zero-order chi connectivity index (χ0) is 14.0. The van der Waals surface area contributed by atoms with Crippen molar-refractivity contribution in [2.24, 2.45) is 12.8 Å². The summed E-state index contributed by atoms with van der Waals surface area (Å²) in [5.41, 5.74) is 6.79. The van der Waals surface area contributed by atoms with Crippen molar-refractivity contribution in [2.45, 2.75) is 32.7 Å². The van der Waals surface area contributed by atoms with Gasteiger partial charge >= 0.3 is 0 Å². The Morgan fingerprint density at radius 3 is 2.89 bits per heavy atom. The van der Waals surface area contributed by atoms with E-state index in [9.17, 15) is 4.79 Å². The number of carbonyl (C=O) groups is 1. The Kier molecular flexibility index (Phi) is 4.09. The molecule has 0 saturated carbocycles. The largest absolute Gasteiger partial charge is 0.365 e. The minimum absolute atomic E-state index is 0.396. The Morgan fingerprint density at radius 2 is 2.37 bits per heavy atom. The molecular formula is C13H23N5O. The van der Waals surface area contributed by atoms with E-state index in [0.717, 1.165) is 38.3 Å². The number of primary amides is 1. The van der Waals surface area contributed by atoms with Crippen molar-refractivity contribution < 1.29 is 4.79 Å². The Bertz CT molecular complexity index is 462. The molecule has 1 amide bonds. The molecule has 2 heterocycles. The first kappa shape index (κ1) is 13.9. The number of aryl methyl sites for hydroxylation is 2. The first-order chi connectivity index (χ1) is 9.06. The summed E-state index contributed by atoms with van der Waals surface area (Å²) in [5, 5.41) is 7.73. The number of aromatic nitrogens is 2. The molecule has 0 spiro atoms. The number of amides is 1. The maximum Gasteiger partial charge on any atom is 0.254 e. The molecule has 1 atom stereocenters. The maximum atomic E-state index is 11.7. The van der Waals surface area contributed by atoms with Gasteiger partial charge in [0.1, 0.15) is 11.4 Å². The monoisotopic (exact) mass is 265 g/mol. The lowest BCUT2D eigenvalue weighted by molar-refractivity contribution is 0.1000. The topological polar surface area (TPSA) is 76.2 Å². The van der Waals surface area contributed by atoms with E-state index < -0.39 is 5.91 Å². The van der Waals surface area contributed by atoms with Crippen molar-refractivity contribution in [1.29, 1.82) is 0 Å². The van der Waals surface area contributed by atoms with Gasteiger partial charge in [-0.2, -0.15) is 5.10 Å². The highest BCUT2D eigenvalue weighted by atomic mass is 16.1. The number of carbonyl (C=O) groups excluding carboxylic acids is 1. The van der Waals surface area contributed by atoms with E-state index in [-0.39, 0.29) is 0 Å². The van der Waals surface area contributed by atoms with Crippen LogP contribution in [-0.4, -0.2) is 41.4 Å². The van der Waals surface area contributed by atoms with Gasteiger partial charge < -0.3 is 16.0 Å². The van der Waals surface area contributed by atoms with Crippen molar-refractivity contribution in [3.63, 3.8) is 0 Å². The third-order valence-corrected chi connectivity index (χ3v) is 3.65. The molecular weight excluding hydrogens is 242 g/mol. The molecule has 1 aliphatic heterocycles. The van der Waals surface area contributed by atoms with Crippen LogP contribution in [0.1, 0.15) is 35.8 Å². The molecule has 1 aromatic heterocycles. The summed E-state index contributed by atoms with van der Waals surface area (Å²) in [6, 6.07) is 0.410. The van der Waals surface area contributed by atoms with Gasteiger partial charge in [-0.05, 0) is 26.3 Å². The van der Waals surface area contributed by atoms with E-state index in [4.69, 9.17) is 5.73 Å².